The van der Waals surface area contributed by atoms with Crippen LogP contribution >= 0.6 is 0 Å². The number of carbonyl (C=O) groups is 1. The molecule has 1 N–H and O–H groups in total. The molecular formula is C18H22F3NO2. The molecule has 0 unspecified atom stereocenters. The van der Waals surface area contributed by atoms with Crippen molar-refractivity contribution in [3.63, 3.8) is 0 Å². The monoisotopic (exact) mass is 341 g/mol. The van der Waals surface area contributed by atoms with Gasteiger partial charge >= 0.3 is 12.1 Å². The third kappa shape index (κ3) is 3.74. The van der Waals surface area contributed by atoms with Crippen LogP contribution in [-0.4, -0.2) is 35.6 Å². The predicted molar refractivity (Wildman–Crippen MR) is 83.6 cm³/mol. The Labute approximate surface area is 139 Å². The Hall–Kier alpha value is -1.56. The number of aliphatic carboxylic acids is 1. The summed E-state index contributed by atoms with van der Waals surface area (Å²) in [4.78, 5) is 14.1. The van der Waals surface area contributed by atoms with E-state index in [4.69, 9.17) is 0 Å². The molecule has 1 aliphatic carbocycles. The second-order valence-corrected chi connectivity index (χ2v) is 7.16. The van der Waals surface area contributed by atoms with Gasteiger partial charge < -0.3 is 10.0 Å². The van der Waals surface area contributed by atoms with Crippen LogP contribution in [0.1, 0.15) is 36.8 Å². The summed E-state index contributed by atoms with van der Waals surface area (Å²) in [7, 11) is 0. The van der Waals surface area contributed by atoms with Crippen molar-refractivity contribution < 1.29 is 23.1 Å². The fourth-order valence-corrected chi connectivity index (χ4v) is 3.61. The van der Waals surface area contributed by atoms with Crippen molar-refractivity contribution in [1.29, 1.82) is 0 Å². The van der Waals surface area contributed by atoms with E-state index in [-0.39, 0.29) is 12.0 Å². The van der Waals surface area contributed by atoms with Gasteiger partial charge in [0.15, 0.2) is 0 Å². The predicted octanol–water partition coefficient (Wildman–Crippen LogP) is 3.82. The summed E-state index contributed by atoms with van der Waals surface area (Å²) in [5.74, 6) is -0.251. The van der Waals surface area contributed by atoms with Crippen LogP contribution in [0, 0.1) is 11.3 Å². The first-order chi connectivity index (χ1) is 11.3. The lowest BCUT2D eigenvalue weighted by Crippen LogP contribution is -2.46. The molecule has 0 atom stereocenters. The lowest BCUT2D eigenvalue weighted by atomic mass is 9.73. The number of carboxylic acids is 1. The highest BCUT2D eigenvalue weighted by molar-refractivity contribution is 5.75. The van der Waals surface area contributed by atoms with Gasteiger partial charge in [0.05, 0.1) is 11.0 Å². The van der Waals surface area contributed by atoms with E-state index in [9.17, 15) is 23.1 Å². The fourth-order valence-electron chi connectivity index (χ4n) is 3.61. The number of hydrogen-bond acceptors (Lipinski definition) is 2. The van der Waals surface area contributed by atoms with Crippen LogP contribution in [0.25, 0.3) is 0 Å². The van der Waals surface area contributed by atoms with E-state index in [0.717, 1.165) is 18.5 Å². The topological polar surface area (TPSA) is 40.5 Å². The molecule has 0 aromatic heterocycles. The van der Waals surface area contributed by atoms with Gasteiger partial charge in [0.25, 0.3) is 0 Å². The molecule has 0 radical (unpaired) electrons. The lowest BCUT2D eigenvalue weighted by Gasteiger charge is -2.39. The molecule has 3 rings (SSSR count). The summed E-state index contributed by atoms with van der Waals surface area (Å²) in [6.45, 7) is 2.29. The Balaban J connectivity index is 1.77. The van der Waals surface area contributed by atoms with Crippen LogP contribution in [0.4, 0.5) is 13.2 Å². The Morgan fingerprint density at radius 2 is 1.83 bits per heavy atom. The zero-order chi connectivity index (χ0) is 17.4. The number of rotatable bonds is 5. The van der Waals surface area contributed by atoms with E-state index in [2.05, 4.69) is 4.90 Å². The molecule has 1 heterocycles. The molecule has 1 aliphatic heterocycles. The van der Waals surface area contributed by atoms with Crippen molar-refractivity contribution in [2.24, 2.45) is 11.3 Å². The number of carboxylic acid groups (broad SMARTS) is 1. The molecule has 24 heavy (non-hydrogen) atoms. The van der Waals surface area contributed by atoms with Crippen molar-refractivity contribution in [3.8, 4) is 0 Å². The van der Waals surface area contributed by atoms with Crippen molar-refractivity contribution in [2.45, 2.75) is 38.3 Å². The van der Waals surface area contributed by atoms with Crippen LogP contribution in [-0.2, 0) is 17.4 Å². The Bertz CT molecular complexity index is 603. The van der Waals surface area contributed by atoms with Crippen LogP contribution in [0.15, 0.2) is 24.3 Å². The van der Waals surface area contributed by atoms with Crippen molar-refractivity contribution >= 4 is 5.97 Å². The average molecular weight is 341 g/mol. The van der Waals surface area contributed by atoms with E-state index in [1.54, 1.807) is 6.07 Å². The van der Waals surface area contributed by atoms with Gasteiger partial charge in [0.2, 0.25) is 0 Å². The maximum Gasteiger partial charge on any atom is 0.416 e. The third-order valence-electron chi connectivity index (χ3n) is 5.33. The van der Waals surface area contributed by atoms with E-state index in [1.165, 1.54) is 25.0 Å². The Morgan fingerprint density at radius 1 is 1.21 bits per heavy atom. The minimum absolute atomic E-state index is 0.0602. The van der Waals surface area contributed by atoms with Gasteiger partial charge in [-0.3, -0.25) is 4.79 Å². The first-order valence-corrected chi connectivity index (χ1v) is 8.41. The second-order valence-electron chi connectivity index (χ2n) is 7.16. The first-order valence-electron chi connectivity index (χ1n) is 8.41. The van der Waals surface area contributed by atoms with Gasteiger partial charge in [-0.1, -0.05) is 18.2 Å². The third-order valence-corrected chi connectivity index (χ3v) is 5.33. The molecule has 3 nitrogen and oxygen atoms in total. The molecule has 0 amide bonds. The molecule has 1 saturated heterocycles. The smallest absolute Gasteiger partial charge is 0.416 e. The van der Waals surface area contributed by atoms with Gasteiger partial charge in [-0.2, -0.15) is 13.2 Å². The normalized spacial score (nSPS) is 21.6. The number of nitrogens with zero attached hydrogens (tertiary/aromatic N) is 1. The standard InChI is InChI=1S/C18H22F3NO2/c19-18(20,21)15-4-2-1-3-14(15)11-17(16(23)24)7-9-22(10-8-17)12-13-5-6-13/h1-4,13H,5-12H2,(H,23,24). The number of alkyl halides is 3. The van der Waals surface area contributed by atoms with E-state index >= 15 is 0 Å². The summed E-state index contributed by atoms with van der Waals surface area (Å²) in [5.41, 5.74) is -1.73. The van der Waals surface area contributed by atoms with Gasteiger partial charge in [0.1, 0.15) is 0 Å². The number of likely N-dealkylation sites (tertiary alicyclic amines) is 1. The highest BCUT2D eigenvalue weighted by Crippen LogP contribution is 2.40. The second kappa shape index (κ2) is 6.39. The van der Waals surface area contributed by atoms with Crippen molar-refractivity contribution in [1.82, 2.24) is 4.90 Å². The average Bonchev–Trinajstić information content (AvgIpc) is 3.33. The fraction of sp³-hybridized carbons (Fsp3) is 0.611. The highest BCUT2D eigenvalue weighted by atomic mass is 19.4. The number of benzene rings is 1. The van der Waals surface area contributed by atoms with E-state index in [1.807, 2.05) is 0 Å². The number of halogens is 3. The molecule has 1 aromatic rings. The van der Waals surface area contributed by atoms with Crippen LogP contribution in [0.3, 0.4) is 0 Å². The van der Waals surface area contributed by atoms with Crippen molar-refractivity contribution in [3.05, 3.63) is 35.4 Å². The SMILES string of the molecule is O=C(O)C1(Cc2ccccc2C(F)(F)F)CCN(CC2CC2)CC1. The summed E-state index contributed by atoms with van der Waals surface area (Å²) in [6, 6.07) is 5.33. The summed E-state index contributed by atoms with van der Waals surface area (Å²) < 4.78 is 39.6. The number of piperidine rings is 1. The van der Waals surface area contributed by atoms with Gasteiger partial charge in [-0.15, -0.1) is 0 Å². The molecule has 6 heteroatoms. The van der Waals surface area contributed by atoms with Gasteiger partial charge in [0, 0.05) is 6.54 Å². The van der Waals surface area contributed by atoms with Gasteiger partial charge in [-0.05, 0) is 62.7 Å². The first kappa shape index (κ1) is 17.3. The van der Waals surface area contributed by atoms with E-state index in [0.29, 0.717) is 25.9 Å². The van der Waals surface area contributed by atoms with Crippen LogP contribution in [0.2, 0.25) is 0 Å². The van der Waals surface area contributed by atoms with Crippen LogP contribution < -0.4 is 0 Å². The van der Waals surface area contributed by atoms with Gasteiger partial charge in [-0.25, -0.2) is 0 Å². The zero-order valence-electron chi connectivity index (χ0n) is 13.5. The van der Waals surface area contributed by atoms with E-state index < -0.39 is 23.1 Å². The molecule has 0 spiro atoms. The molecule has 2 aliphatic rings. The number of hydrogen-bond donors (Lipinski definition) is 1. The molecule has 1 aromatic carbocycles. The summed E-state index contributed by atoms with van der Waals surface area (Å²) >= 11 is 0. The summed E-state index contributed by atoms with van der Waals surface area (Å²) in [5, 5.41) is 9.72. The quantitative estimate of drug-likeness (QED) is 0.885. The molecule has 2 fully saturated rings. The molecule has 0 bridgehead atoms. The minimum Gasteiger partial charge on any atom is -0.481 e. The van der Waals surface area contributed by atoms with Crippen molar-refractivity contribution in [2.75, 3.05) is 19.6 Å². The lowest BCUT2D eigenvalue weighted by molar-refractivity contribution is -0.153. The summed E-state index contributed by atoms with van der Waals surface area (Å²) in [6.07, 6.45) is -1.24. The Kier molecular flexibility index (Phi) is 4.60. The maximum atomic E-state index is 13.2. The van der Waals surface area contributed by atoms with Crippen LogP contribution in [0.5, 0.6) is 0 Å². The highest BCUT2D eigenvalue weighted by Gasteiger charge is 2.44. The largest absolute Gasteiger partial charge is 0.481 e. The maximum absolute atomic E-state index is 13.2. The zero-order valence-corrected chi connectivity index (χ0v) is 13.5. The molecule has 1 saturated carbocycles. The minimum atomic E-state index is -4.46. The molecular weight excluding hydrogens is 319 g/mol. The Morgan fingerprint density at radius 3 is 2.38 bits per heavy atom. The molecule has 132 valence electrons.